The highest BCUT2D eigenvalue weighted by Crippen LogP contribution is 2.14. The Morgan fingerprint density at radius 3 is 2.96 bits per heavy atom. The lowest BCUT2D eigenvalue weighted by Crippen LogP contribution is -2.37. The number of aromatic nitrogens is 3. The first-order chi connectivity index (χ1) is 12.8. The van der Waals surface area contributed by atoms with Gasteiger partial charge in [0.15, 0.2) is 11.7 Å². The summed E-state index contributed by atoms with van der Waals surface area (Å²) in [5.74, 6) is 3.55. The number of hydrogen-bond donors (Lipinski definition) is 3. The van der Waals surface area contributed by atoms with Crippen LogP contribution >= 0.6 is 0 Å². The van der Waals surface area contributed by atoms with Crippen LogP contribution in [0.5, 0.6) is 5.75 Å². The molecule has 26 heavy (non-hydrogen) atoms. The number of hydrogen-bond acceptors (Lipinski definition) is 5. The standard InChI is InChI=1S/C18H22N6O2/c1-19-18(21-12-13-5-3-6-14(11-13)25-2)20-9-8-16-22-17(24-23-16)15-7-4-10-26-15/h3-7,10-11H,8-9,12H2,1-2H3,(H2,19,20,21)(H,22,23,24). The van der Waals surface area contributed by atoms with E-state index in [-0.39, 0.29) is 0 Å². The topological polar surface area (TPSA) is 100 Å². The molecule has 1 aromatic carbocycles. The molecule has 3 rings (SSSR count). The van der Waals surface area contributed by atoms with Crippen LogP contribution in [0.15, 0.2) is 52.1 Å². The summed E-state index contributed by atoms with van der Waals surface area (Å²) in [5, 5.41) is 13.6. The molecule has 0 atom stereocenters. The number of benzene rings is 1. The van der Waals surface area contributed by atoms with Crippen LogP contribution in [-0.4, -0.2) is 41.8 Å². The van der Waals surface area contributed by atoms with Gasteiger partial charge in [0, 0.05) is 26.6 Å². The molecule has 3 aromatic rings. The Balaban J connectivity index is 1.45. The largest absolute Gasteiger partial charge is 0.497 e. The molecular weight excluding hydrogens is 332 g/mol. The van der Waals surface area contributed by atoms with Gasteiger partial charge >= 0.3 is 0 Å². The van der Waals surface area contributed by atoms with E-state index in [1.54, 1.807) is 20.4 Å². The smallest absolute Gasteiger partial charge is 0.216 e. The summed E-state index contributed by atoms with van der Waals surface area (Å²) in [4.78, 5) is 8.64. The normalized spacial score (nSPS) is 11.4. The predicted molar refractivity (Wildman–Crippen MR) is 99.0 cm³/mol. The number of rotatable bonds is 7. The van der Waals surface area contributed by atoms with E-state index >= 15 is 0 Å². The first-order valence-electron chi connectivity index (χ1n) is 8.31. The van der Waals surface area contributed by atoms with Crippen molar-refractivity contribution < 1.29 is 9.15 Å². The fourth-order valence-corrected chi connectivity index (χ4v) is 2.41. The van der Waals surface area contributed by atoms with Crippen LogP contribution in [0.3, 0.4) is 0 Å². The number of nitrogens with zero attached hydrogens (tertiary/aromatic N) is 3. The monoisotopic (exact) mass is 354 g/mol. The number of nitrogens with one attached hydrogen (secondary N) is 3. The highest BCUT2D eigenvalue weighted by molar-refractivity contribution is 5.79. The minimum atomic E-state index is 0.561. The summed E-state index contributed by atoms with van der Waals surface area (Å²) in [6.07, 6.45) is 2.29. The van der Waals surface area contributed by atoms with Crippen LogP contribution in [-0.2, 0) is 13.0 Å². The molecule has 2 heterocycles. The number of aliphatic imine (C=N–C) groups is 1. The molecule has 2 aromatic heterocycles. The molecule has 3 N–H and O–H groups in total. The number of ether oxygens (including phenoxy) is 1. The molecular formula is C18H22N6O2. The maximum atomic E-state index is 5.28. The molecule has 0 aliphatic carbocycles. The Bertz CT molecular complexity index is 841. The quantitative estimate of drug-likeness (QED) is 0.443. The van der Waals surface area contributed by atoms with Gasteiger partial charge in [-0.15, -0.1) is 0 Å². The lowest BCUT2D eigenvalue weighted by Gasteiger charge is -2.12. The van der Waals surface area contributed by atoms with Gasteiger partial charge in [0.25, 0.3) is 0 Å². The highest BCUT2D eigenvalue weighted by atomic mass is 16.5. The lowest BCUT2D eigenvalue weighted by atomic mass is 10.2. The zero-order valence-electron chi connectivity index (χ0n) is 14.8. The molecule has 0 spiro atoms. The van der Waals surface area contributed by atoms with Gasteiger partial charge in [0.2, 0.25) is 5.82 Å². The van der Waals surface area contributed by atoms with Crippen molar-refractivity contribution in [3.63, 3.8) is 0 Å². The van der Waals surface area contributed by atoms with Crippen molar-refractivity contribution in [1.82, 2.24) is 25.8 Å². The second kappa shape index (κ2) is 8.70. The van der Waals surface area contributed by atoms with E-state index in [0.29, 0.717) is 31.1 Å². The van der Waals surface area contributed by atoms with E-state index in [2.05, 4.69) is 30.8 Å². The second-order valence-corrected chi connectivity index (χ2v) is 5.54. The van der Waals surface area contributed by atoms with Gasteiger partial charge in [-0.25, -0.2) is 4.98 Å². The van der Waals surface area contributed by atoms with Crippen LogP contribution in [0.25, 0.3) is 11.6 Å². The van der Waals surface area contributed by atoms with Crippen molar-refractivity contribution in [2.24, 2.45) is 4.99 Å². The molecule has 136 valence electrons. The van der Waals surface area contributed by atoms with Crippen LogP contribution in [0.4, 0.5) is 0 Å². The Morgan fingerprint density at radius 1 is 1.27 bits per heavy atom. The van der Waals surface area contributed by atoms with Crippen molar-refractivity contribution in [2.45, 2.75) is 13.0 Å². The van der Waals surface area contributed by atoms with Gasteiger partial charge in [0.05, 0.1) is 13.4 Å². The molecule has 0 unspecified atom stereocenters. The van der Waals surface area contributed by atoms with Gasteiger partial charge in [-0.05, 0) is 29.8 Å². The Labute approximate surface area is 151 Å². The molecule has 0 saturated carbocycles. The lowest BCUT2D eigenvalue weighted by molar-refractivity contribution is 0.414. The van der Waals surface area contributed by atoms with E-state index in [1.165, 1.54) is 0 Å². The molecule has 0 aliphatic rings. The van der Waals surface area contributed by atoms with Crippen LogP contribution in [0, 0.1) is 0 Å². The average Bonchev–Trinajstić information content (AvgIpc) is 3.36. The van der Waals surface area contributed by atoms with Crippen LogP contribution in [0.2, 0.25) is 0 Å². The fraction of sp³-hybridized carbons (Fsp3) is 0.278. The molecule has 8 nitrogen and oxygen atoms in total. The van der Waals surface area contributed by atoms with E-state index in [9.17, 15) is 0 Å². The highest BCUT2D eigenvalue weighted by Gasteiger charge is 2.08. The maximum absolute atomic E-state index is 5.28. The molecule has 0 aliphatic heterocycles. The summed E-state index contributed by atoms with van der Waals surface area (Å²) in [6.45, 7) is 1.33. The van der Waals surface area contributed by atoms with Gasteiger partial charge < -0.3 is 19.8 Å². The summed E-state index contributed by atoms with van der Waals surface area (Å²) in [6, 6.07) is 11.6. The van der Waals surface area contributed by atoms with Crippen molar-refractivity contribution in [3.8, 4) is 17.3 Å². The van der Waals surface area contributed by atoms with E-state index in [0.717, 1.165) is 23.1 Å². The minimum absolute atomic E-state index is 0.561. The van der Waals surface area contributed by atoms with E-state index < -0.39 is 0 Å². The average molecular weight is 354 g/mol. The Hall–Kier alpha value is -3.29. The van der Waals surface area contributed by atoms with Crippen molar-refractivity contribution in [3.05, 3.63) is 54.0 Å². The molecule has 0 fully saturated rings. The first kappa shape index (κ1) is 17.5. The van der Waals surface area contributed by atoms with Crippen molar-refractivity contribution in [1.29, 1.82) is 0 Å². The van der Waals surface area contributed by atoms with Gasteiger partial charge in [-0.2, -0.15) is 5.10 Å². The zero-order valence-corrected chi connectivity index (χ0v) is 14.8. The molecule has 0 bridgehead atoms. The second-order valence-electron chi connectivity index (χ2n) is 5.54. The van der Waals surface area contributed by atoms with Gasteiger partial charge in [-0.1, -0.05) is 12.1 Å². The van der Waals surface area contributed by atoms with Crippen molar-refractivity contribution in [2.75, 3.05) is 20.7 Å². The van der Waals surface area contributed by atoms with Crippen LogP contribution < -0.4 is 15.4 Å². The van der Waals surface area contributed by atoms with E-state index in [1.807, 2.05) is 36.4 Å². The number of aromatic amines is 1. The minimum Gasteiger partial charge on any atom is -0.497 e. The third-order valence-electron chi connectivity index (χ3n) is 3.75. The van der Waals surface area contributed by atoms with Crippen molar-refractivity contribution >= 4 is 5.96 Å². The van der Waals surface area contributed by atoms with Crippen LogP contribution in [0.1, 0.15) is 11.4 Å². The summed E-state index contributed by atoms with van der Waals surface area (Å²) < 4.78 is 10.5. The number of guanidine groups is 1. The number of H-pyrrole nitrogens is 1. The third kappa shape index (κ3) is 4.62. The number of furan rings is 1. The fourth-order valence-electron chi connectivity index (χ4n) is 2.41. The van der Waals surface area contributed by atoms with E-state index in [4.69, 9.17) is 9.15 Å². The summed E-state index contributed by atoms with van der Waals surface area (Å²) in [5.41, 5.74) is 1.12. The SMILES string of the molecule is CN=C(NCCc1nc(-c2ccco2)n[nH]1)NCc1cccc(OC)c1. The third-order valence-corrected chi connectivity index (χ3v) is 3.75. The molecule has 0 radical (unpaired) electrons. The Kier molecular flexibility index (Phi) is 5.87. The predicted octanol–water partition coefficient (Wildman–Crippen LogP) is 1.98. The first-order valence-corrected chi connectivity index (χ1v) is 8.31. The zero-order chi connectivity index (χ0) is 18.2. The molecule has 0 amide bonds. The Morgan fingerprint density at radius 2 is 2.19 bits per heavy atom. The van der Waals surface area contributed by atoms with Gasteiger partial charge in [0.1, 0.15) is 11.6 Å². The summed E-state index contributed by atoms with van der Waals surface area (Å²) in [7, 11) is 3.40. The van der Waals surface area contributed by atoms with Gasteiger partial charge in [-0.3, -0.25) is 10.1 Å². The molecule has 8 heteroatoms. The summed E-state index contributed by atoms with van der Waals surface area (Å²) >= 11 is 0. The maximum Gasteiger partial charge on any atom is 0.216 e. The number of methoxy groups -OCH3 is 1. The molecule has 0 saturated heterocycles.